The fourth-order valence-electron chi connectivity index (χ4n) is 3.00. The third-order valence-corrected chi connectivity index (χ3v) is 4.45. The molecule has 0 radical (unpaired) electrons. The van der Waals surface area contributed by atoms with E-state index in [0.29, 0.717) is 22.6 Å². The largest absolute Gasteiger partial charge is 0.444 e. The third-order valence-electron chi connectivity index (χ3n) is 4.45. The molecule has 0 heterocycles. The van der Waals surface area contributed by atoms with Gasteiger partial charge in [-0.2, -0.15) is 0 Å². The number of para-hydroxylation sites is 2. The van der Waals surface area contributed by atoms with E-state index in [1.165, 1.54) is 0 Å². The Morgan fingerprint density at radius 1 is 0.727 bits per heavy atom. The Bertz CT molecular complexity index is 1120. The molecule has 0 aromatic heterocycles. The molecule has 0 aliphatic carbocycles. The summed E-state index contributed by atoms with van der Waals surface area (Å²) in [5.74, 6) is -0.490. The van der Waals surface area contributed by atoms with Crippen LogP contribution in [0.1, 0.15) is 36.7 Å². The normalized spacial score (nSPS) is 10.8. The van der Waals surface area contributed by atoms with Crippen LogP contribution in [0.4, 0.5) is 21.9 Å². The summed E-state index contributed by atoms with van der Waals surface area (Å²) in [5.41, 5.74) is 2.14. The van der Waals surface area contributed by atoms with Gasteiger partial charge in [0, 0.05) is 11.3 Å². The van der Waals surface area contributed by atoms with Gasteiger partial charge in [0.1, 0.15) is 5.60 Å². The maximum Gasteiger partial charge on any atom is 0.412 e. The number of carbonyl (C=O) groups is 3. The van der Waals surface area contributed by atoms with Crippen LogP contribution >= 0.6 is 0 Å². The van der Waals surface area contributed by atoms with Crippen molar-refractivity contribution in [2.45, 2.75) is 32.8 Å². The molecular formula is C26H27N3O4. The Kier molecular flexibility index (Phi) is 7.46. The van der Waals surface area contributed by atoms with Gasteiger partial charge in [-0.25, -0.2) is 4.79 Å². The lowest BCUT2D eigenvalue weighted by molar-refractivity contribution is -0.115. The van der Waals surface area contributed by atoms with Crippen molar-refractivity contribution in [1.29, 1.82) is 0 Å². The SMILES string of the molecule is CC(C)(C)OC(=O)Nc1ccccc1NC(=O)c1ccc(NC(=O)Cc2ccccc2)cc1. The number of ether oxygens (including phenoxy) is 1. The van der Waals surface area contributed by atoms with Crippen molar-refractivity contribution in [1.82, 2.24) is 0 Å². The predicted octanol–water partition coefficient (Wildman–Crippen LogP) is 5.47. The molecule has 0 aliphatic heterocycles. The number of carbonyl (C=O) groups excluding carboxylic acids is 3. The van der Waals surface area contributed by atoms with Crippen molar-refractivity contribution >= 4 is 35.0 Å². The van der Waals surface area contributed by atoms with Crippen molar-refractivity contribution in [3.05, 3.63) is 90.0 Å². The van der Waals surface area contributed by atoms with E-state index in [1.807, 2.05) is 30.3 Å². The monoisotopic (exact) mass is 445 g/mol. The second-order valence-corrected chi connectivity index (χ2v) is 8.41. The summed E-state index contributed by atoms with van der Waals surface area (Å²) in [4.78, 5) is 37.0. The second-order valence-electron chi connectivity index (χ2n) is 8.41. The van der Waals surface area contributed by atoms with Crippen molar-refractivity contribution in [3.8, 4) is 0 Å². The molecular weight excluding hydrogens is 418 g/mol. The van der Waals surface area contributed by atoms with Crippen LogP contribution in [0.25, 0.3) is 0 Å². The number of rotatable bonds is 6. The van der Waals surface area contributed by atoms with E-state index in [2.05, 4.69) is 16.0 Å². The molecule has 0 fully saturated rings. The lowest BCUT2D eigenvalue weighted by Crippen LogP contribution is -2.27. The number of benzene rings is 3. The van der Waals surface area contributed by atoms with E-state index in [4.69, 9.17) is 4.74 Å². The van der Waals surface area contributed by atoms with Crippen molar-refractivity contribution in [2.75, 3.05) is 16.0 Å². The van der Waals surface area contributed by atoms with E-state index in [-0.39, 0.29) is 18.2 Å². The van der Waals surface area contributed by atoms with Crippen molar-refractivity contribution in [3.63, 3.8) is 0 Å². The first kappa shape index (κ1) is 23.5. The van der Waals surface area contributed by atoms with E-state index in [0.717, 1.165) is 5.56 Å². The summed E-state index contributed by atoms with van der Waals surface area (Å²) in [6.45, 7) is 5.32. The summed E-state index contributed by atoms with van der Waals surface area (Å²) in [5, 5.41) is 8.27. The van der Waals surface area contributed by atoms with Gasteiger partial charge in [-0.15, -0.1) is 0 Å². The summed E-state index contributed by atoms with van der Waals surface area (Å²) in [6.07, 6.45) is -0.343. The molecule has 0 unspecified atom stereocenters. The van der Waals surface area contributed by atoms with Crippen molar-refractivity contribution < 1.29 is 19.1 Å². The number of nitrogens with one attached hydrogen (secondary N) is 3. The van der Waals surface area contributed by atoms with E-state index >= 15 is 0 Å². The molecule has 0 spiro atoms. The van der Waals surface area contributed by atoms with Crippen LogP contribution in [0, 0.1) is 0 Å². The maximum atomic E-state index is 12.7. The standard InChI is InChI=1S/C26H27N3O4/c1-26(2,3)33-25(32)29-22-12-8-7-11-21(22)28-24(31)19-13-15-20(16-14-19)27-23(30)17-18-9-5-4-6-10-18/h4-16H,17H2,1-3H3,(H,27,30)(H,28,31)(H,29,32). The van der Waals surface area contributed by atoms with Crippen LogP contribution in [0.5, 0.6) is 0 Å². The van der Waals surface area contributed by atoms with Crippen LogP contribution in [0.15, 0.2) is 78.9 Å². The molecule has 0 saturated heterocycles. The highest BCUT2D eigenvalue weighted by Crippen LogP contribution is 2.23. The first-order valence-corrected chi connectivity index (χ1v) is 10.5. The molecule has 3 aromatic carbocycles. The molecule has 7 nitrogen and oxygen atoms in total. The molecule has 0 saturated carbocycles. The highest BCUT2D eigenvalue weighted by atomic mass is 16.6. The highest BCUT2D eigenvalue weighted by Gasteiger charge is 2.18. The zero-order valence-electron chi connectivity index (χ0n) is 18.8. The summed E-state index contributed by atoms with van der Waals surface area (Å²) in [6, 6.07) is 22.9. The minimum Gasteiger partial charge on any atom is -0.444 e. The molecule has 170 valence electrons. The van der Waals surface area contributed by atoms with Crippen molar-refractivity contribution in [2.24, 2.45) is 0 Å². The average molecular weight is 446 g/mol. The first-order chi connectivity index (χ1) is 15.7. The Morgan fingerprint density at radius 3 is 1.91 bits per heavy atom. The maximum absolute atomic E-state index is 12.7. The Labute approximate surface area is 193 Å². The Morgan fingerprint density at radius 2 is 1.30 bits per heavy atom. The van der Waals surface area contributed by atoms with Gasteiger partial charge in [0.05, 0.1) is 17.8 Å². The number of hydrogen-bond acceptors (Lipinski definition) is 4. The fraction of sp³-hybridized carbons (Fsp3) is 0.192. The molecule has 7 heteroatoms. The quantitative estimate of drug-likeness (QED) is 0.469. The molecule has 0 bridgehead atoms. The molecule has 33 heavy (non-hydrogen) atoms. The Hall–Kier alpha value is -4.13. The van der Waals surface area contributed by atoms with Crippen LogP contribution in [0.2, 0.25) is 0 Å². The zero-order chi connectivity index (χ0) is 23.8. The first-order valence-electron chi connectivity index (χ1n) is 10.5. The van der Waals surface area contributed by atoms with E-state index in [9.17, 15) is 14.4 Å². The van der Waals surface area contributed by atoms with Gasteiger partial charge in [0.15, 0.2) is 0 Å². The van der Waals surface area contributed by atoms with Crippen LogP contribution in [0.3, 0.4) is 0 Å². The number of hydrogen-bond donors (Lipinski definition) is 3. The van der Waals surface area contributed by atoms with Gasteiger partial charge in [-0.05, 0) is 62.7 Å². The van der Waals surface area contributed by atoms with Crippen LogP contribution < -0.4 is 16.0 Å². The third kappa shape index (κ3) is 7.50. The minimum absolute atomic E-state index is 0.138. The molecule has 0 aliphatic rings. The van der Waals surface area contributed by atoms with Gasteiger partial charge in [0.25, 0.3) is 5.91 Å². The second kappa shape index (κ2) is 10.5. The predicted molar refractivity (Wildman–Crippen MR) is 129 cm³/mol. The average Bonchev–Trinajstić information content (AvgIpc) is 2.75. The van der Waals surface area contributed by atoms with Gasteiger partial charge in [0.2, 0.25) is 5.91 Å². The molecule has 3 N–H and O–H groups in total. The van der Waals surface area contributed by atoms with E-state index in [1.54, 1.807) is 69.3 Å². The lowest BCUT2D eigenvalue weighted by Gasteiger charge is -2.20. The van der Waals surface area contributed by atoms with Gasteiger partial charge >= 0.3 is 6.09 Å². The number of amides is 3. The minimum atomic E-state index is -0.638. The summed E-state index contributed by atoms with van der Waals surface area (Å²) < 4.78 is 5.27. The van der Waals surface area contributed by atoms with Gasteiger partial charge < -0.3 is 15.4 Å². The van der Waals surface area contributed by atoms with Gasteiger partial charge in [-0.3, -0.25) is 14.9 Å². The molecule has 3 rings (SSSR count). The summed E-state index contributed by atoms with van der Waals surface area (Å²) >= 11 is 0. The smallest absolute Gasteiger partial charge is 0.412 e. The number of anilines is 3. The van der Waals surface area contributed by atoms with Gasteiger partial charge in [-0.1, -0.05) is 42.5 Å². The molecule has 3 amide bonds. The molecule has 3 aromatic rings. The zero-order valence-corrected chi connectivity index (χ0v) is 18.8. The van der Waals surface area contributed by atoms with Crippen LogP contribution in [-0.2, 0) is 16.0 Å². The molecule has 0 atom stereocenters. The van der Waals surface area contributed by atoms with Crippen LogP contribution in [-0.4, -0.2) is 23.5 Å². The Balaban J connectivity index is 1.61. The highest BCUT2D eigenvalue weighted by molar-refractivity contribution is 6.07. The fourth-order valence-corrected chi connectivity index (χ4v) is 3.00. The van der Waals surface area contributed by atoms with E-state index < -0.39 is 11.7 Å². The topological polar surface area (TPSA) is 96.5 Å². The lowest BCUT2D eigenvalue weighted by atomic mass is 10.1. The summed E-state index contributed by atoms with van der Waals surface area (Å²) in [7, 11) is 0.